The van der Waals surface area contributed by atoms with E-state index in [9.17, 15) is 4.79 Å². The molecule has 0 bridgehead atoms. The molecule has 106 valence electrons. The van der Waals surface area contributed by atoms with Crippen molar-refractivity contribution in [2.24, 2.45) is 11.1 Å². The Labute approximate surface area is 111 Å². The molecular weight excluding hydrogens is 226 g/mol. The lowest BCUT2D eigenvalue weighted by Crippen LogP contribution is -2.49. The fraction of sp³-hybridized carbons (Fsp3) is 0.929. The van der Waals surface area contributed by atoms with Gasteiger partial charge in [0.1, 0.15) is 0 Å². The molecule has 1 saturated heterocycles. The van der Waals surface area contributed by atoms with Crippen LogP contribution in [0.25, 0.3) is 0 Å². The highest BCUT2D eigenvalue weighted by Gasteiger charge is 2.27. The lowest BCUT2D eigenvalue weighted by atomic mass is 9.93. The molecule has 0 unspecified atom stereocenters. The molecule has 4 nitrogen and oxygen atoms in total. The van der Waals surface area contributed by atoms with Crippen molar-refractivity contribution in [3.8, 4) is 0 Å². The summed E-state index contributed by atoms with van der Waals surface area (Å²) >= 11 is 0. The van der Waals surface area contributed by atoms with Crippen LogP contribution in [0.2, 0.25) is 0 Å². The van der Waals surface area contributed by atoms with E-state index in [2.05, 4.69) is 20.8 Å². The van der Waals surface area contributed by atoms with Crippen LogP contribution < -0.4 is 5.73 Å². The molecule has 1 heterocycles. The highest BCUT2D eigenvalue weighted by Crippen LogP contribution is 2.18. The van der Waals surface area contributed by atoms with Gasteiger partial charge in [0, 0.05) is 26.2 Å². The van der Waals surface area contributed by atoms with E-state index in [0.717, 1.165) is 45.4 Å². The standard InChI is InChI=1S/C14H29N3O/c1-4-8-17(12-14(2,3)11-15)13(18)16-9-6-5-7-10-16/h4-12,15H2,1-3H3. The first kappa shape index (κ1) is 15.3. The number of nitrogens with two attached hydrogens (primary N) is 1. The second-order valence-electron chi connectivity index (χ2n) is 6.12. The van der Waals surface area contributed by atoms with Crippen LogP contribution in [0, 0.1) is 5.41 Å². The van der Waals surface area contributed by atoms with Crippen LogP contribution in [0.5, 0.6) is 0 Å². The molecule has 1 aliphatic heterocycles. The highest BCUT2D eigenvalue weighted by molar-refractivity contribution is 5.74. The first-order valence-corrected chi connectivity index (χ1v) is 7.24. The Bertz CT molecular complexity index is 260. The van der Waals surface area contributed by atoms with E-state index in [0.29, 0.717) is 6.54 Å². The van der Waals surface area contributed by atoms with Gasteiger partial charge in [0.05, 0.1) is 0 Å². The number of piperidine rings is 1. The summed E-state index contributed by atoms with van der Waals surface area (Å²) in [4.78, 5) is 16.5. The van der Waals surface area contributed by atoms with Gasteiger partial charge in [0.2, 0.25) is 0 Å². The molecule has 18 heavy (non-hydrogen) atoms. The smallest absolute Gasteiger partial charge is 0.320 e. The summed E-state index contributed by atoms with van der Waals surface area (Å²) in [5, 5.41) is 0. The quantitative estimate of drug-likeness (QED) is 0.819. The molecule has 0 atom stereocenters. The van der Waals surface area contributed by atoms with Crippen molar-refractivity contribution in [1.29, 1.82) is 0 Å². The van der Waals surface area contributed by atoms with E-state index >= 15 is 0 Å². The average molecular weight is 255 g/mol. The van der Waals surface area contributed by atoms with E-state index in [4.69, 9.17) is 5.73 Å². The van der Waals surface area contributed by atoms with Crippen LogP contribution in [0.1, 0.15) is 46.5 Å². The van der Waals surface area contributed by atoms with Gasteiger partial charge in [-0.1, -0.05) is 20.8 Å². The maximum Gasteiger partial charge on any atom is 0.320 e. The predicted octanol–water partition coefficient (Wildman–Crippen LogP) is 2.29. The fourth-order valence-electron chi connectivity index (χ4n) is 2.38. The second-order valence-corrected chi connectivity index (χ2v) is 6.12. The molecule has 0 radical (unpaired) electrons. The van der Waals surface area contributed by atoms with Gasteiger partial charge in [0.25, 0.3) is 0 Å². The monoisotopic (exact) mass is 255 g/mol. The topological polar surface area (TPSA) is 49.6 Å². The van der Waals surface area contributed by atoms with E-state index < -0.39 is 0 Å². The number of nitrogens with zero attached hydrogens (tertiary/aromatic N) is 2. The summed E-state index contributed by atoms with van der Waals surface area (Å²) in [5.74, 6) is 0. The van der Waals surface area contributed by atoms with E-state index in [-0.39, 0.29) is 11.4 Å². The van der Waals surface area contributed by atoms with Gasteiger partial charge in [-0.2, -0.15) is 0 Å². The summed E-state index contributed by atoms with van der Waals surface area (Å²) in [6.07, 6.45) is 4.55. The van der Waals surface area contributed by atoms with Crippen molar-refractivity contribution in [3.63, 3.8) is 0 Å². The van der Waals surface area contributed by atoms with Gasteiger partial charge >= 0.3 is 6.03 Å². The molecule has 0 aliphatic carbocycles. The van der Waals surface area contributed by atoms with Crippen LogP contribution in [-0.2, 0) is 0 Å². The van der Waals surface area contributed by atoms with Crippen LogP contribution in [0.4, 0.5) is 4.79 Å². The fourth-order valence-corrected chi connectivity index (χ4v) is 2.38. The van der Waals surface area contributed by atoms with Gasteiger partial charge < -0.3 is 15.5 Å². The third-order valence-corrected chi connectivity index (χ3v) is 3.56. The summed E-state index contributed by atoms with van der Waals surface area (Å²) in [6.45, 7) is 10.4. The summed E-state index contributed by atoms with van der Waals surface area (Å²) < 4.78 is 0. The zero-order valence-electron chi connectivity index (χ0n) is 12.2. The van der Waals surface area contributed by atoms with Crippen molar-refractivity contribution < 1.29 is 4.79 Å². The SMILES string of the molecule is CCCN(CC(C)(C)CN)C(=O)N1CCCCC1. The van der Waals surface area contributed by atoms with Gasteiger partial charge in [0.15, 0.2) is 0 Å². The molecule has 1 fully saturated rings. The number of rotatable bonds is 5. The number of carbonyl (C=O) groups is 1. The van der Waals surface area contributed by atoms with Crippen LogP contribution in [0.15, 0.2) is 0 Å². The molecule has 0 aromatic heterocycles. The maximum absolute atomic E-state index is 12.5. The minimum Gasteiger partial charge on any atom is -0.330 e. The van der Waals surface area contributed by atoms with E-state index in [1.54, 1.807) is 0 Å². The Morgan fingerprint density at radius 1 is 1.28 bits per heavy atom. The Morgan fingerprint density at radius 3 is 2.39 bits per heavy atom. The predicted molar refractivity (Wildman–Crippen MR) is 75.5 cm³/mol. The first-order chi connectivity index (χ1) is 8.50. The molecule has 0 saturated carbocycles. The molecule has 1 rings (SSSR count). The Kier molecular flexibility index (Phi) is 5.93. The highest BCUT2D eigenvalue weighted by atomic mass is 16.2. The maximum atomic E-state index is 12.5. The molecular formula is C14H29N3O. The van der Waals surface area contributed by atoms with Crippen molar-refractivity contribution in [1.82, 2.24) is 9.80 Å². The second kappa shape index (κ2) is 6.98. The molecule has 0 aromatic rings. The van der Waals surface area contributed by atoms with Gasteiger partial charge in [-0.15, -0.1) is 0 Å². The molecule has 1 aliphatic rings. The third-order valence-electron chi connectivity index (χ3n) is 3.56. The lowest BCUT2D eigenvalue weighted by Gasteiger charge is -2.37. The minimum atomic E-state index is 0.000612. The number of carbonyl (C=O) groups excluding carboxylic acids is 1. The average Bonchev–Trinajstić information content (AvgIpc) is 2.38. The van der Waals surface area contributed by atoms with Crippen molar-refractivity contribution in [2.75, 3.05) is 32.7 Å². The molecule has 2 N–H and O–H groups in total. The van der Waals surface area contributed by atoms with Crippen LogP contribution in [0.3, 0.4) is 0 Å². The largest absolute Gasteiger partial charge is 0.330 e. The summed E-state index contributed by atoms with van der Waals surface area (Å²) in [6, 6.07) is 0.207. The molecule has 2 amide bonds. The molecule has 0 spiro atoms. The van der Waals surface area contributed by atoms with Gasteiger partial charge in [-0.3, -0.25) is 0 Å². The van der Waals surface area contributed by atoms with Gasteiger partial charge in [-0.05, 0) is 37.6 Å². The normalized spacial score (nSPS) is 16.8. The van der Waals surface area contributed by atoms with E-state index in [1.807, 2.05) is 9.80 Å². The Balaban J connectivity index is 2.61. The van der Waals surface area contributed by atoms with Crippen molar-refractivity contribution in [2.45, 2.75) is 46.5 Å². The summed E-state index contributed by atoms with van der Waals surface area (Å²) in [5.41, 5.74) is 5.78. The Morgan fingerprint density at radius 2 is 1.89 bits per heavy atom. The van der Waals surface area contributed by atoms with Crippen LogP contribution >= 0.6 is 0 Å². The Hall–Kier alpha value is -0.770. The van der Waals surface area contributed by atoms with Crippen molar-refractivity contribution >= 4 is 6.03 Å². The number of hydrogen-bond donors (Lipinski definition) is 1. The van der Waals surface area contributed by atoms with Crippen molar-refractivity contribution in [3.05, 3.63) is 0 Å². The zero-order chi connectivity index (χ0) is 13.6. The summed E-state index contributed by atoms with van der Waals surface area (Å²) in [7, 11) is 0. The number of hydrogen-bond acceptors (Lipinski definition) is 2. The number of amides is 2. The first-order valence-electron chi connectivity index (χ1n) is 7.24. The molecule has 4 heteroatoms. The molecule has 0 aromatic carbocycles. The van der Waals surface area contributed by atoms with Crippen LogP contribution in [-0.4, -0.2) is 48.6 Å². The lowest BCUT2D eigenvalue weighted by molar-refractivity contribution is 0.124. The zero-order valence-corrected chi connectivity index (χ0v) is 12.2. The minimum absolute atomic E-state index is 0.000612. The number of likely N-dealkylation sites (tertiary alicyclic amines) is 1. The third kappa shape index (κ3) is 4.48. The van der Waals surface area contributed by atoms with Gasteiger partial charge in [-0.25, -0.2) is 4.79 Å². The van der Waals surface area contributed by atoms with E-state index in [1.165, 1.54) is 6.42 Å². The number of urea groups is 1.